The van der Waals surface area contributed by atoms with E-state index in [9.17, 15) is 17.6 Å². The fourth-order valence-corrected chi connectivity index (χ4v) is 3.34. The van der Waals surface area contributed by atoms with Crippen LogP contribution in [0.1, 0.15) is 19.3 Å². The van der Waals surface area contributed by atoms with Crippen molar-refractivity contribution in [2.75, 3.05) is 18.2 Å². The minimum Gasteiger partial charge on any atom is -0.481 e. The van der Waals surface area contributed by atoms with Crippen LogP contribution in [0.15, 0.2) is 0 Å². The van der Waals surface area contributed by atoms with Crippen LogP contribution in [0.5, 0.6) is 0 Å². The highest BCUT2D eigenvalue weighted by molar-refractivity contribution is 7.91. The summed E-state index contributed by atoms with van der Waals surface area (Å²) in [6.45, 7) is -0.755. The van der Waals surface area contributed by atoms with Crippen LogP contribution in [0.25, 0.3) is 0 Å². The molecule has 0 saturated carbocycles. The number of carboxylic acids is 1. The molecule has 14 heavy (non-hydrogen) atoms. The van der Waals surface area contributed by atoms with Crippen LogP contribution in [0.2, 0.25) is 0 Å². The maximum Gasteiger partial charge on any atom is 0.304 e. The summed E-state index contributed by atoms with van der Waals surface area (Å²) >= 11 is 0. The molecule has 4 nitrogen and oxygen atoms in total. The molecule has 1 saturated heterocycles. The number of hydrogen-bond acceptors (Lipinski definition) is 3. The van der Waals surface area contributed by atoms with Crippen molar-refractivity contribution in [3.63, 3.8) is 0 Å². The second-order valence-corrected chi connectivity index (χ2v) is 6.16. The summed E-state index contributed by atoms with van der Waals surface area (Å²) in [7, 11) is -3.06. The maximum atomic E-state index is 12.7. The Bertz CT molecular complexity index is 308. The summed E-state index contributed by atoms with van der Waals surface area (Å²) in [6.07, 6.45) is -0.0325. The second kappa shape index (κ2) is 3.84. The van der Waals surface area contributed by atoms with Gasteiger partial charge >= 0.3 is 5.97 Å². The molecule has 0 spiro atoms. The van der Waals surface area contributed by atoms with Crippen molar-refractivity contribution in [1.29, 1.82) is 0 Å². The van der Waals surface area contributed by atoms with Crippen molar-refractivity contribution in [1.82, 2.24) is 0 Å². The molecule has 0 aliphatic carbocycles. The standard InChI is InChI=1S/C8H13FO4S/c9-6-8(5-7(10)11)1-3-14(12,13)4-2-8/h1-6H2,(H,10,11). The van der Waals surface area contributed by atoms with E-state index in [1.165, 1.54) is 0 Å². The Morgan fingerprint density at radius 2 is 1.86 bits per heavy atom. The van der Waals surface area contributed by atoms with Gasteiger partial charge in [0.15, 0.2) is 0 Å². The average Bonchev–Trinajstić information content (AvgIpc) is 2.09. The zero-order valence-corrected chi connectivity index (χ0v) is 8.52. The van der Waals surface area contributed by atoms with Gasteiger partial charge in [-0.05, 0) is 12.8 Å². The molecule has 1 heterocycles. The smallest absolute Gasteiger partial charge is 0.304 e. The number of carboxylic acid groups (broad SMARTS) is 1. The van der Waals surface area contributed by atoms with E-state index >= 15 is 0 Å². The number of alkyl halides is 1. The molecule has 1 aliphatic rings. The third-order valence-corrected chi connectivity index (χ3v) is 4.35. The molecule has 0 amide bonds. The predicted octanol–water partition coefficient (Wildman–Crippen LogP) is 0.626. The van der Waals surface area contributed by atoms with Crippen molar-refractivity contribution in [3.8, 4) is 0 Å². The second-order valence-electron chi connectivity index (χ2n) is 3.86. The fraction of sp³-hybridized carbons (Fsp3) is 0.875. The van der Waals surface area contributed by atoms with Crippen LogP contribution < -0.4 is 0 Å². The van der Waals surface area contributed by atoms with Gasteiger partial charge in [0.05, 0.1) is 24.6 Å². The first kappa shape index (κ1) is 11.4. The Labute approximate surface area is 82.0 Å². The number of hydrogen-bond donors (Lipinski definition) is 1. The Morgan fingerprint density at radius 1 is 1.36 bits per heavy atom. The molecule has 1 rings (SSSR count). The molecular weight excluding hydrogens is 211 g/mol. The van der Waals surface area contributed by atoms with Crippen molar-refractivity contribution in [2.45, 2.75) is 19.3 Å². The van der Waals surface area contributed by atoms with E-state index in [0.29, 0.717) is 0 Å². The average molecular weight is 224 g/mol. The van der Waals surface area contributed by atoms with Crippen molar-refractivity contribution in [2.24, 2.45) is 5.41 Å². The normalized spacial score (nSPS) is 24.4. The van der Waals surface area contributed by atoms with Gasteiger partial charge in [-0.15, -0.1) is 0 Å². The van der Waals surface area contributed by atoms with E-state index < -0.39 is 27.9 Å². The minimum absolute atomic E-state index is 0.0931. The molecule has 82 valence electrons. The molecule has 0 aromatic rings. The lowest BCUT2D eigenvalue weighted by atomic mass is 9.80. The molecule has 0 atom stereocenters. The Kier molecular flexibility index (Phi) is 3.14. The van der Waals surface area contributed by atoms with Gasteiger partial charge in [0, 0.05) is 5.41 Å². The molecule has 0 aromatic heterocycles. The summed E-state index contributed by atoms with van der Waals surface area (Å²) in [6, 6.07) is 0. The van der Waals surface area contributed by atoms with Gasteiger partial charge in [0.2, 0.25) is 0 Å². The highest BCUT2D eigenvalue weighted by Crippen LogP contribution is 2.36. The minimum atomic E-state index is -3.06. The quantitative estimate of drug-likeness (QED) is 0.763. The lowest BCUT2D eigenvalue weighted by Crippen LogP contribution is -2.37. The Hall–Kier alpha value is -0.650. The number of sulfone groups is 1. The van der Waals surface area contributed by atoms with Crippen LogP contribution in [-0.2, 0) is 14.6 Å². The first-order valence-corrected chi connectivity index (χ1v) is 6.19. The topological polar surface area (TPSA) is 71.4 Å². The van der Waals surface area contributed by atoms with E-state index in [1.54, 1.807) is 0 Å². The molecule has 0 bridgehead atoms. The van der Waals surface area contributed by atoms with Gasteiger partial charge < -0.3 is 5.11 Å². The summed E-state index contributed by atoms with van der Waals surface area (Å²) in [5, 5.41) is 8.58. The van der Waals surface area contributed by atoms with E-state index in [-0.39, 0.29) is 30.8 Å². The van der Waals surface area contributed by atoms with Crippen molar-refractivity contribution < 1.29 is 22.7 Å². The molecule has 1 N–H and O–H groups in total. The van der Waals surface area contributed by atoms with Gasteiger partial charge in [-0.1, -0.05) is 0 Å². The van der Waals surface area contributed by atoms with Gasteiger partial charge in [0.25, 0.3) is 0 Å². The molecule has 1 aliphatic heterocycles. The van der Waals surface area contributed by atoms with Gasteiger partial charge in [-0.3, -0.25) is 9.18 Å². The zero-order valence-electron chi connectivity index (χ0n) is 7.70. The first-order valence-electron chi connectivity index (χ1n) is 4.37. The summed E-state index contributed by atoms with van der Waals surface area (Å²) in [5.74, 6) is -1.25. The van der Waals surface area contributed by atoms with Crippen LogP contribution in [0, 0.1) is 5.41 Å². The SMILES string of the molecule is O=C(O)CC1(CF)CCS(=O)(=O)CC1. The van der Waals surface area contributed by atoms with Gasteiger partial charge in [-0.25, -0.2) is 8.42 Å². The van der Waals surface area contributed by atoms with Gasteiger partial charge in [0.1, 0.15) is 9.84 Å². The van der Waals surface area contributed by atoms with E-state index in [1.807, 2.05) is 0 Å². The van der Waals surface area contributed by atoms with Crippen LogP contribution in [-0.4, -0.2) is 37.7 Å². The molecule has 0 unspecified atom stereocenters. The van der Waals surface area contributed by atoms with Gasteiger partial charge in [-0.2, -0.15) is 0 Å². The number of rotatable bonds is 3. The Balaban J connectivity index is 2.70. The van der Waals surface area contributed by atoms with Crippen molar-refractivity contribution >= 4 is 15.8 Å². The fourth-order valence-electron chi connectivity index (χ4n) is 1.65. The van der Waals surface area contributed by atoms with E-state index in [0.717, 1.165) is 0 Å². The van der Waals surface area contributed by atoms with E-state index in [4.69, 9.17) is 5.11 Å². The monoisotopic (exact) mass is 224 g/mol. The van der Waals surface area contributed by atoms with Crippen LogP contribution in [0.3, 0.4) is 0 Å². The molecule has 0 radical (unpaired) electrons. The summed E-state index contributed by atoms with van der Waals surface area (Å²) in [4.78, 5) is 10.5. The third kappa shape index (κ3) is 2.67. The number of halogens is 1. The molecular formula is C8H13FO4S. The summed E-state index contributed by atoms with van der Waals surface area (Å²) in [5.41, 5.74) is -0.947. The largest absolute Gasteiger partial charge is 0.481 e. The molecule has 1 fully saturated rings. The number of carbonyl (C=O) groups is 1. The third-order valence-electron chi connectivity index (χ3n) is 2.70. The first-order chi connectivity index (χ1) is 6.39. The van der Waals surface area contributed by atoms with Crippen LogP contribution in [0.4, 0.5) is 4.39 Å². The highest BCUT2D eigenvalue weighted by atomic mass is 32.2. The van der Waals surface area contributed by atoms with Crippen molar-refractivity contribution in [3.05, 3.63) is 0 Å². The zero-order chi connectivity index (χ0) is 10.8. The maximum absolute atomic E-state index is 12.7. The van der Waals surface area contributed by atoms with Crippen LogP contribution >= 0.6 is 0 Å². The number of aliphatic carboxylic acids is 1. The lowest BCUT2D eigenvalue weighted by molar-refractivity contribution is -0.140. The summed E-state index contributed by atoms with van der Waals surface area (Å²) < 4.78 is 34.8. The van der Waals surface area contributed by atoms with E-state index in [2.05, 4.69) is 0 Å². The molecule has 6 heteroatoms. The highest BCUT2D eigenvalue weighted by Gasteiger charge is 2.39. The predicted molar refractivity (Wildman–Crippen MR) is 48.5 cm³/mol. The Morgan fingerprint density at radius 3 is 2.21 bits per heavy atom. The lowest BCUT2D eigenvalue weighted by Gasteiger charge is -2.32. The molecule has 0 aromatic carbocycles.